The van der Waals surface area contributed by atoms with Gasteiger partial charge >= 0.3 is 6.03 Å². The van der Waals surface area contributed by atoms with E-state index in [2.05, 4.69) is 22.5 Å². The van der Waals surface area contributed by atoms with Crippen LogP contribution in [0.2, 0.25) is 0 Å². The number of hydrogen-bond acceptors (Lipinski definition) is 4. The summed E-state index contributed by atoms with van der Waals surface area (Å²) in [4.78, 5) is 11.6. The number of anilines is 1. The van der Waals surface area contributed by atoms with Crippen LogP contribution in [0.5, 0.6) is 5.75 Å². The molecule has 0 aliphatic rings. The van der Waals surface area contributed by atoms with Crippen molar-refractivity contribution >= 4 is 11.7 Å². The number of carbonyl (C=O) groups excluding carboxylic acids is 1. The quantitative estimate of drug-likeness (QED) is 0.517. The monoisotopic (exact) mass is 349 g/mol. The number of carbonyl (C=O) groups is 1. The van der Waals surface area contributed by atoms with Crippen molar-refractivity contribution in [2.75, 3.05) is 25.0 Å². The van der Waals surface area contributed by atoms with Gasteiger partial charge in [0.2, 0.25) is 0 Å². The number of ether oxygens (including phenoxy) is 1. The fraction of sp³-hybridized carbons (Fsp3) is 0.526. The van der Waals surface area contributed by atoms with Crippen molar-refractivity contribution in [3.63, 3.8) is 0 Å². The van der Waals surface area contributed by atoms with E-state index in [4.69, 9.17) is 4.74 Å². The second-order valence-electron chi connectivity index (χ2n) is 6.90. The molecule has 0 fully saturated rings. The third-order valence-electron chi connectivity index (χ3n) is 3.32. The summed E-state index contributed by atoms with van der Waals surface area (Å²) in [5.74, 6) is 0.677. The van der Waals surface area contributed by atoms with E-state index in [0.717, 1.165) is 5.56 Å². The summed E-state index contributed by atoms with van der Waals surface area (Å²) in [6.45, 7) is 13.0. The first-order chi connectivity index (χ1) is 11.7. The van der Waals surface area contributed by atoms with Crippen LogP contribution in [0, 0.1) is 0 Å². The summed E-state index contributed by atoms with van der Waals surface area (Å²) in [5.41, 5.74) is 1.53. The molecule has 0 heterocycles. The zero-order chi connectivity index (χ0) is 18.9. The van der Waals surface area contributed by atoms with Gasteiger partial charge in [-0.05, 0) is 57.9 Å². The zero-order valence-electron chi connectivity index (χ0n) is 15.7. The third-order valence-corrected chi connectivity index (χ3v) is 3.32. The minimum absolute atomic E-state index is 0.0542. The standard InChI is InChI=1S/C19H31N3O3/c1-6-8-14-11-15(22-18(24)20-7-2)9-10-17(14)25-13-16(23)12-21-19(3,4)5/h6,9-11,16,21,23H,1,7-8,12-13H2,2-5H3,(H2,20,22,24). The number of aliphatic hydroxyl groups is 1. The summed E-state index contributed by atoms with van der Waals surface area (Å²) in [7, 11) is 0. The van der Waals surface area contributed by atoms with E-state index in [9.17, 15) is 9.90 Å². The summed E-state index contributed by atoms with van der Waals surface area (Å²) in [5, 5.41) is 18.8. The highest BCUT2D eigenvalue weighted by molar-refractivity contribution is 5.89. The van der Waals surface area contributed by atoms with E-state index in [1.165, 1.54) is 0 Å². The van der Waals surface area contributed by atoms with Crippen molar-refractivity contribution in [1.29, 1.82) is 0 Å². The average Bonchev–Trinajstić information content (AvgIpc) is 2.52. The maximum Gasteiger partial charge on any atom is 0.319 e. The molecule has 1 aromatic rings. The number of allylic oxidation sites excluding steroid dienone is 1. The number of hydrogen-bond donors (Lipinski definition) is 4. The van der Waals surface area contributed by atoms with Gasteiger partial charge in [-0.25, -0.2) is 4.79 Å². The first-order valence-electron chi connectivity index (χ1n) is 8.59. The third kappa shape index (κ3) is 8.56. The number of nitrogens with one attached hydrogen (secondary N) is 3. The van der Waals surface area contributed by atoms with E-state index in [1.54, 1.807) is 18.2 Å². The Morgan fingerprint density at radius 2 is 2.12 bits per heavy atom. The lowest BCUT2D eigenvalue weighted by molar-refractivity contribution is 0.0996. The van der Waals surface area contributed by atoms with Gasteiger partial charge in [0.15, 0.2) is 0 Å². The van der Waals surface area contributed by atoms with E-state index in [-0.39, 0.29) is 18.2 Å². The molecule has 140 valence electrons. The minimum Gasteiger partial charge on any atom is -0.491 e. The molecule has 0 radical (unpaired) electrons. The highest BCUT2D eigenvalue weighted by Crippen LogP contribution is 2.24. The minimum atomic E-state index is -0.607. The van der Waals surface area contributed by atoms with Crippen LogP contribution in [0.4, 0.5) is 10.5 Å². The second kappa shape index (κ2) is 10.1. The molecule has 25 heavy (non-hydrogen) atoms. The molecule has 4 N–H and O–H groups in total. The topological polar surface area (TPSA) is 82.6 Å². The molecule has 0 aliphatic carbocycles. The first-order valence-corrected chi connectivity index (χ1v) is 8.59. The van der Waals surface area contributed by atoms with Gasteiger partial charge in [-0.15, -0.1) is 6.58 Å². The molecule has 1 aromatic carbocycles. The van der Waals surface area contributed by atoms with E-state index < -0.39 is 6.10 Å². The van der Waals surface area contributed by atoms with Crippen molar-refractivity contribution < 1.29 is 14.6 Å². The molecule has 6 heteroatoms. The van der Waals surface area contributed by atoms with Crippen LogP contribution in [-0.4, -0.2) is 42.5 Å². The number of β-amino-alcohol motifs (C(OH)–C–C–N with tert-alkyl or cyclic N) is 1. The summed E-state index contributed by atoms with van der Waals surface area (Å²) in [6.07, 6.45) is 1.77. The van der Waals surface area contributed by atoms with Crippen LogP contribution in [0.3, 0.4) is 0 Å². The molecular weight excluding hydrogens is 318 g/mol. The van der Waals surface area contributed by atoms with Gasteiger partial charge in [-0.1, -0.05) is 6.08 Å². The maximum atomic E-state index is 11.6. The van der Waals surface area contributed by atoms with Crippen molar-refractivity contribution in [3.05, 3.63) is 36.4 Å². The second-order valence-corrected chi connectivity index (χ2v) is 6.90. The van der Waals surface area contributed by atoms with Crippen LogP contribution >= 0.6 is 0 Å². The normalized spacial score (nSPS) is 12.4. The summed E-state index contributed by atoms with van der Waals surface area (Å²) >= 11 is 0. The molecule has 0 bridgehead atoms. The first kappa shape index (κ1) is 21.0. The Morgan fingerprint density at radius 1 is 1.40 bits per heavy atom. The Kier molecular flexibility index (Phi) is 8.45. The number of urea groups is 1. The highest BCUT2D eigenvalue weighted by Gasteiger charge is 2.13. The maximum absolute atomic E-state index is 11.6. The Balaban J connectivity index is 2.68. The van der Waals surface area contributed by atoms with Crippen LogP contribution in [0.25, 0.3) is 0 Å². The van der Waals surface area contributed by atoms with Gasteiger partial charge < -0.3 is 25.8 Å². The molecule has 1 atom stereocenters. The lowest BCUT2D eigenvalue weighted by Crippen LogP contribution is -2.42. The van der Waals surface area contributed by atoms with Gasteiger partial charge in [-0.2, -0.15) is 0 Å². The smallest absolute Gasteiger partial charge is 0.319 e. The predicted molar refractivity (Wildman–Crippen MR) is 102 cm³/mol. The molecule has 0 saturated heterocycles. The Bertz CT molecular complexity index is 568. The van der Waals surface area contributed by atoms with Crippen molar-refractivity contribution in [3.8, 4) is 5.75 Å². The van der Waals surface area contributed by atoms with E-state index in [1.807, 2.05) is 33.8 Å². The molecule has 1 unspecified atom stereocenters. The van der Waals surface area contributed by atoms with E-state index in [0.29, 0.717) is 30.9 Å². The molecule has 0 aromatic heterocycles. The molecule has 0 saturated carbocycles. The van der Waals surface area contributed by atoms with Crippen LogP contribution < -0.4 is 20.7 Å². The van der Waals surface area contributed by atoms with Crippen LogP contribution in [-0.2, 0) is 6.42 Å². The largest absolute Gasteiger partial charge is 0.491 e. The van der Waals surface area contributed by atoms with Crippen molar-refractivity contribution in [2.45, 2.75) is 45.8 Å². The molecule has 0 aliphatic heterocycles. The summed E-state index contributed by atoms with van der Waals surface area (Å²) in [6, 6.07) is 5.18. The Morgan fingerprint density at radius 3 is 2.72 bits per heavy atom. The van der Waals surface area contributed by atoms with Gasteiger partial charge in [0.05, 0.1) is 0 Å². The van der Waals surface area contributed by atoms with Crippen LogP contribution in [0.15, 0.2) is 30.9 Å². The number of amides is 2. The van der Waals surface area contributed by atoms with Gasteiger partial charge in [0.25, 0.3) is 0 Å². The predicted octanol–water partition coefficient (Wildman–Crippen LogP) is 2.68. The molecule has 0 spiro atoms. The van der Waals surface area contributed by atoms with Gasteiger partial charge in [0, 0.05) is 24.3 Å². The molecule has 6 nitrogen and oxygen atoms in total. The molecule has 1 rings (SSSR count). The number of rotatable bonds is 9. The molecular formula is C19H31N3O3. The number of aliphatic hydroxyl groups excluding tert-OH is 1. The van der Waals surface area contributed by atoms with Crippen molar-refractivity contribution in [2.24, 2.45) is 0 Å². The lowest BCUT2D eigenvalue weighted by atomic mass is 10.1. The molecule has 2 amide bonds. The van der Waals surface area contributed by atoms with Gasteiger partial charge in [-0.3, -0.25) is 0 Å². The van der Waals surface area contributed by atoms with Gasteiger partial charge in [0.1, 0.15) is 18.5 Å². The highest BCUT2D eigenvalue weighted by atomic mass is 16.5. The fourth-order valence-electron chi connectivity index (χ4n) is 2.12. The number of benzene rings is 1. The van der Waals surface area contributed by atoms with E-state index >= 15 is 0 Å². The average molecular weight is 349 g/mol. The summed E-state index contributed by atoms with van der Waals surface area (Å²) < 4.78 is 5.76. The van der Waals surface area contributed by atoms with Crippen molar-refractivity contribution in [1.82, 2.24) is 10.6 Å². The van der Waals surface area contributed by atoms with Crippen LogP contribution in [0.1, 0.15) is 33.3 Å². The zero-order valence-corrected chi connectivity index (χ0v) is 15.7. The fourth-order valence-corrected chi connectivity index (χ4v) is 2.12. The Hall–Kier alpha value is -2.05. The lowest BCUT2D eigenvalue weighted by Gasteiger charge is -2.23. The SMILES string of the molecule is C=CCc1cc(NC(=O)NCC)ccc1OCC(O)CNC(C)(C)C. The Labute approximate surface area is 150 Å².